The maximum absolute atomic E-state index is 12.4. The van der Waals surface area contributed by atoms with E-state index in [1.54, 1.807) is 42.8 Å². The Morgan fingerprint density at radius 1 is 1.21 bits per heavy atom. The van der Waals surface area contributed by atoms with Gasteiger partial charge in [0.1, 0.15) is 11.4 Å². The van der Waals surface area contributed by atoms with Crippen LogP contribution >= 0.6 is 11.3 Å². The number of ether oxygens (including phenoxy) is 1. The van der Waals surface area contributed by atoms with Gasteiger partial charge in [0.15, 0.2) is 0 Å². The molecule has 1 aliphatic carbocycles. The van der Waals surface area contributed by atoms with Gasteiger partial charge in [0.05, 0.1) is 28.0 Å². The molecule has 2 heterocycles. The highest BCUT2D eigenvalue weighted by molar-refractivity contribution is 7.18. The zero-order valence-electron chi connectivity index (χ0n) is 16.1. The van der Waals surface area contributed by atoms with Crippen molar-refractivity contribution in [2.75, 3.05) is 19.5 Å². The van der Waals surface area contributed by atoms with E-state index < -0.39 is 0 Å². The Morgan fingerprint density at radius 3 is 2.68 bits per heavy atom. The molecule has 0 radical (unpaired) electrons. The van der Waals surface area contributed by atoms with Crippen LogP contribution in [0.15, 0.2) is 36.5 Å². The highest BCUT2D eigenvalue weighted by Gasteiger charge is 2.20. The smallest absolute Gasteiger partial charge is 0.274 e. The number of aliphatic hydroxyl groups excluding tert-OH is 1. The molecule has 0 atom stereocenters. The maximum Gasteiger partial charge on any atom is 0.274 e. The van der Waals surface area contributed by atoms with Crippen LogP contribution in [0.4, 0.5) is 5.69 Å². The quantitative estimate of drug-likeness (QED) is 0.669. The number of rotatable bonds is 4. The van der Waals surface area contributed by atoms with Crippen molar-refractivity contribution < 1.29 is 14.6 Å². The number of carbonyl (C=O) groups excluding carboxylic acids is 1. The number of carbonyl (C=O) groups is 1. The van der Waals surface area contributed by atoms with Crippen molar-refractivity contribution in [1.82, 2.24) is 9.97 Å². The summed E-state index contributed by atoms with van der Waals surface area (Å²) in [5.74, 6) is 0.932. The number of anilines is 1. The van der Waals surface area contributed by atoms with Gasteiger partial charge in [-0.15, -0.1) is 11.3 Å². The zero-order chi connectivity index (χ0) is 19.9. The fraction of sp³-hybridized carbons (Fsp3) is 0.381. The lowest BCUT2D eigenvalue weighted by atomic mass is 9.90. The summed E-state index contributed by atoms with van der Waals surface area (Å²) in [5.41, 5.74) is 1.96. The SMILES string of the molecule is CO.COc1cc2nc(C3CCCCC3)sc2cc1NC(=O)c1ccccn1. The van der Waals surface area contributed by atoms with Crippen LogP contribution < -0.4 is 10.1 Å². The van der Waals surface area contributed by atoms with Gasteiger partial charge in [-0.3, -0.25) is 9.78 Å². The molecule has 28 heavy (non-hydrogen) atoms. The standard InChI is InChI=1S/C20H21N3O2S.CH4O/c1-25-17-11-16-18(26-20(23-16)13-7-3-2-4-8-13)12-15(17)22-19(24)14-9-5-6-10-21-14;1-2/h5-6,9-13H,2-4,7-8H2,1H3,(H,22,24);2H,1H3. The molecule has 7 heteroatoms. The number of pyridine rings is 1. The van der Waals surface area contributed by atoms with Gasteiger partial charge in [0.25, 0.3) is 5.91 Å². The molecule has 0 saturated heterocycles. The van der Waals surface area contributed by atoms with Crippen LogP contribution in [0.25, 0.3) is 10.2 Å². The van der Waals surface area contributed by atoms with Crippen LogP contribution in [0.1, 0.15) is 53.5 Å². The lowest BCUT2D eigenvalue weighted by Gasteiger charge is -2.18. The predicted octanol–water partition coefficient (Wildman–Crippen LogP) is 4.61. The van der Waals surface area contributed by atoms with E-state index in [-0.39, 0.29) is 5.91 Å². The fourth-order valence-corrected chi connectivity index (χ4v) is 4.60. The molecule has 2 aromatic heterocycles. The highest BCUT2D eigenvalue weighted by atomic mass is 32.1. The lowest BCUT2D eigenvalue weighted by molar-refractivity contribution is 0.102. The average Bonchev–Trinajstić information content (AvgIpc) is 3.18. The summed E-state index contributed by atoms with van der Waals surface area (Å²) in [6.45, 7) is 0. The molecule has 4 rings (SSSR count). The number of fused-ring (bicyclic) bond motifs is 1. The van der Waals surface area contributed by atoms with E-state index in [1.807, 2.05) is 12.1 Å². The molecule has 1 aromatic carbocycles. The zero-order valence-corrected chi connectivity index (χ0v) is 17.0. The van der Waals surface area contributed by atoms with Gasteiger partial charge in [0.2, 0.25) is 0 Å². The van der Waals surface area contributed by atoms with Gasteiger partial charge in [0, 0.05) is 25.3 Å². The van der Waals surface area contributed by atoms with Crippen molar-refractivity contribution in [3.05, 3.63) is 47.2 Å². The molecule has 0 aliphatic heterocycles. The molecular weight excluding hydrogens is 374 g/mol. The van der Waals surface area contributed by atoms with Crippen LogP contribution in [0.2, 0.25) is 0 Å². The van der Waals surface area contributed by atoms with Crippen molar-refractivity contribution in [3.8, 4) is 5.75 Å². The minimum absolute atomic E-state index is 0.250. The van der Waals surface area contributed by atoms with E-state index in [4.69, 9.17) is 14.8 Å². The number of thiazole rings is 1. The molecule has 0 spiro atoms. The monoisotopic (exact) mass is 399 g/mol. The molecule has 6 nitrogen and oxygen atoms in total. The lowest BCUT2D eigenvalue weighted by Crippen LogP contribution is -2.13. The Balaban J connectivity index is 0.00000109. The minimum atomic E-state index is -0.250. The number of methoxy groups -OCH3 is 1. The first-order chi connectivity index (χ1) is 13.7. The number of nitrogens with zero attached hydrogens (tertiary/aromatic N) is 2. The molecule has 1 saturated carbocycles. The summed E-state index contributed by atoms with van der Waals surface area (Å²) in [7, 11) is 2.60. The Kier molecular flexibility index (Phi) is 6.95. The third-order valence-corrected chi connectivity index (χ3v) is 6.01. The summed E-state index contributed by atoms with van der Waals surface area (Å²) in [4.78, 5) is 21.4. The van der Waals surface area contributed by atoms with E-state index >= 15 is 0 Å². The Bertz CT molecular complexity index is 921. The second kappa shape index (κ2) is 9.61. The molecule has 1 amide bonds. The molecule has 1 fully saturated rings. The topological polar surface area (TPSA) is 84.3 Å². The van der Waals surface area contributed by atoms with Crippen molar-refractivity contribution in [3.63, 3.8) is 0 Å². The largest absolute Gasteiger partial charge is 0.494 e. The summed E-state index contributed by atoms with van der Waals surface area (Å²) in [6, 6.07) is 9.13. The van der Waals surface area contributed by atoms with Crippen molar-refractivity contribution in [2.24, 2.45) is 0 Å². The number of nitrogens with one attached hydrogen (secondary N) is 1. The Morgan fingerprint density at radius 2 is 2.00 bits per heavy atom. The molecule has 148 valence electrons. The molecule has 1 aliphatic rings. The van der Waals surface area contributed by atoms with Gasteiger partial charge < -0.3 is 15.2 Å². The predicted molar refractivity (Wildman–Crippen MR) is 112 cm³/mol. The first-order valence-electron chi connectivity index (χ1n) is 9.40. The number of hydrogen-bond acceptors (Lipinski definition) is 6. The second-order valence-electron chi connectivity index (χ2n) is 6.58. The van der Waals surface area contributed by atoms with Crippen molar-refractivity contribution in [2.45, 2.75) is 38.0 Å². The van der Waals surface area contributed by atoms with Gasteiger partial charge in [-0.2, -0.15) is 0 Å². The van der Waals surface area contributed by atoms with Crippen LogP contribution in [-0.2, 0) is 0 Å². The number of benzene rings is 1. The van der Waals surface area contributed by atoms with Gasteiger partial charge in [-0.1, -0.05) is 25.3 Å². The third kappa shape index (κ3) is 4.48. The third-order valence-electron chi connectivity index (χ3n) is 4.83. The summed E-state index contributed by atoms with van der Waals surface area (Å²) in [6.07, 6.45) is 7.96. The fourth-order valence-electron chi connectivity index (χ4n) is 3.45. The van der Waals surface area contributed by atoms with E-state index in [0.717, 1.165) is 17.3 Å². The number of amides is 1. The van der Waals surface area contributed by atoms with Gasteiger partial charge in [-0.05, 0) is 31.0 Å². The summed E-state index contributed by atoms with van der Waals surface area (Å²) in [5, 5.41) is 11.1. The van der Waals surface area contributed by atoms with Crippen LogP contribution in [-0.4, -0.2) is 35.2 Å². The van der Waals surface area contributed by atoms with E-state index in [0.29, 0.717) is 23.0 Å². The summed E-state index contributed by atoms with van der Waals surface area (Å²) >= 11 is 1.73. The molecule has 0 unspecified atom stereocenters. The Hall–Kier alpha value is -2.51. The second-order valence-corrected chi connectivity index (χ2v) is 7.64. The van der Waals surface area contributed by atoms with E-state index in [1.165, 1.54) is 37.1 Å². The number of aromatic nitrogens is 2. The van der Waals surface area contributed by atoms with E-state index in [2.05, 4.69) is 10.3 Å². The highest BCUT2D eigenvalue weighted by Crippen LogP contribution is 2.39. The molecule has 2 N–H and O–H groups in total. The molecular formula is C21H25N3O3S. The van der Waals surface area contributed by atoms with Crippen molar-refractivity contribution in [1.29, 1.82) is 0 Å². The first-order valence-corrected chi connectivity index (χ1v) is 10.2. The number of hydrogen-bond donors (Lipinski definition) is 2. The average molecular weight is 400 g/mol. The normalized spacial score (nSPS) is 14.2. The van der Waals surface area contributed by atoms with Crippen LogP contribution in [0.3, 0.4) is 0 Å². The van der Waals surface area contributed by atoms with Crippen LogP contribution in [0, 0.1) is 0 Å². The van der Waals surface area contributed by atoms with Gasteiger partial charge in [-0.25, -0.2) is 4.98 Å². The van der Waals surface area contributed by atoms with E-state index in [9.17, 15) is 4.79 Å². The molecule has 3 aromatic rings. The first kappa shape index (κ1) is 20.2. The van der Waals surface area contributed by atoms with Gasteiger partial charge >= 0.3 is 0 Å². The maximum atomic E-state index is 12.4. The Labute approximate surface area is 168 Å². The molecule has 0 bridgehead atoms. The minimum Gasteiger partial charge on any atom is -0.494 e. The summed E-state index contributed by atoms with van der Waals surface area (Å²) < 4.78 is 6.55. The van der Waals surface area contributed by atoms with Crippen molar-refractivity contribution >= 4 is 33.1 Å². The number of aliphatic hydroxyl groups is 1. The van der Waals surface area contributed by atoms with Crippen LogP contribution in [0.5, 0.6) is 5.75 Å².